The van der Waals surface area contributed by atoms with Crippen LogP contribution >= 0.6 is 0 Å². The zero-order chi connectivity index (χ0) is 18.5. The van der Waals surface area contributed by atoms with Crippen LogP contribution in [0.1, 0.15) is 59.6 Å². The van der Waals surface area contributed by atoms with Gasteiger partial charge in [0.1, 0.15) is 0 Å². The average Bonchev–Trinajstić information content (AvgIpc) is 2.71. The van der Waals surface area contributed by atoms with Gasteiger partial charge in [-0.2, -0.15) is 0 Å². The van der Waals surface area contributed by atoms with Crippen molar-refractivity contribution in [1.29, 1.82) is 0 Å². The molecule has 2 aromatic carbocycles. The molecule has 0 saturated carbocycles. The molecule has 2 aromatic rings. The lowest BCUT2D eigenvalue weighted by atomic mass is 9.81. The Labute approximate surface area is 152 Å². The number of benzene rings is 2. The molecular weight excluding hydrogens is 307 g/mol. The maximum absolute atomic E-state index is 6.03. The summed E-state index contributed by atoms with van der Waals surface area (Å²) in [6, 6.07) is 12.8. The first-order valence-electron chi connectivity index (χ1n) is 8.91. The molecule has 0 N–H and O–H groups in total. The van der Waals surface area contributed by atoms with Crippen LogP contribution in [-0.4, -0.2) is 18.3 Å². The quantitative estimate of drug-likeness (QED) is 0.492. The van der Waals surface area contributed by atoms with Crippen molar-refractivity contribution >= 4 is 17.9 Å². The second kappa shape index (κ2) is 5.90. The number of hydrogen-bond donors (Lipinski definition) is 0. The molecule has 0 spiro atoms. The van der Waals surface area contributed by atoms with Crippen LogP contribution in [0.15, 0.2) is 36.4 Å². The maximum Gasteiger partial charge on any atom is 0.551 e. The van der Waals surface area contributed by atoms with E-state index in [0.29, 0.717) is 0 Å². The first-order chi connectivity index (χ1) is 11.5. The predicted molar refractivity (Wildman–Crippen MR) is 106 cm³/mol. The lowest BCUT2D eigenvalue weighted by Gasteiger charge is -2.32. The van der Waals surface area contributed by atoms with Crippen LogP contribution in [-0.2, 0) is 14.7 Å². The molecule has 3 rings (SSSR count). The van der Waals surface area contributed by atoms with Crippen molar-refractivity contribution in [3.8, 4) is 11.7 Å². The van der Waals surface area contributed by atoms with Gasteiger partial charge in [-0.05, 0) is 49.4 Å². The van der Waals surface area contributed by atoms with Gasteiger partial charge in [0.15, 0.2) is 0 Å². The van der Waals surface area contributed by atoms with Crippen molar-refractivity contribution in [2.45, 2.75) is 65.1 Å². The molecule has 25 heavy (non-hydrogen) atoms. The van der Waals surface area contributed by atoms with E-state index in [2.05, 4.69) is 68.9 Å². The van der Waals surface area contributed by atoms with Crippen LogP contribution in [0.3, 0.4) is 0 Å². The second-order valence-corrected chi connectivity index (χ2v) is 8.82. The fraction of sp³-hybridized carbons (Fsp3) is 0.455. The minimum Gasteiger partial charge on any atom is -0.392 e. The standard InChI is InChI=1S/C22H27BO2/c1-20(2,3)19-13-12-16-10-8-9-11-17(16)18(19)14-15-23-24-21(4,5)22(6,7)25-23/h8-13H,1-7H3. The largest absolute Gasteiger partial charge is 0.551 e. The summed E-state index contributed by atoms with van der Waals surface area (Å²) in [7, 11) is -0.503. The summed E-state index contributed by atoms with van der Waals surface area (Å²) in [5.41, 5.74) is 1.61. The Bertz CT molecular complexity index is 847. The van der Waals surface area contributed by atoms with E-state index in [1.165, 1.54) is 16.3 Å². The molecule has 0 atom stereocenters. The first-order valence-corrected chi connectivity index (χ1v) is 8.91. The van der Waals surface area contributed by atoms with E-state index in [-0.39, 0.29) is 16.6 Å². The van der Waals surface area contributed by atoms with Gasteiger partial charge in [0.2, 0.25) is 0 Å². The fourth-order valence-corrected chi connectivity index (χ4v) is 3.06. The summed E-state index contributed by atoms with van der Waals surface area (Å²) in [6.07, 6.45) is 0. The van der Waals surface area contributed by atoms with E-state index in [9.17, 15) is 0 Å². The highest BCUT2D eigenvalue weighted by molar-refractivity contribution is 6.55. The summed E-state index contributed by atoms with van der Waals surface area (Å²) < 4.78 is 12.1. The van der Waals surface area contributed by atoms with Gasteiger partial charge in [-0.15, -0.1) is 0 Å². The Balaban J connectivity index is 2.08. The van der Waals surface area contributed by atoms with Gasteiger partial charge >= 0.3 is 7.12 Å². The Kier molecular flexibility index (Phi) is 4.26. The second-order valence-electron chi connectivity index (χ2n) is 8.82. The molecule has 3 heteroatoms. The summed E-state index contributed by atoms with van der Waals surface area (Å²) in [5, 5.41) is 2.38. The Morgan fingerprint density at radius 3 is 2.08 bits per heavy atom. The van der Waals surface area contributed by atoms with E-state index in [1.54, 1.807) is 0 Å². The van der Waals surface area contributed by atoms with Gasteiger partial charge < -0.3 is 9.31 Å². The van der Waals surface area contributed by atoms with Crippen molar-refractivity contribution in [3.05, 3.63) is 47.5 Å². The fourth-order valence-electron chi connectivity index (χ4n) is 3.06. The monoisotopic (exact) mass is 334 g/mol. The summed E-state index contributed by atoms with van der Waals surface area (Å²) in [6.45, 7) is 14.9. The lowest BCUT2D eigenvalue weighted by Crippen LogP contribution is -2.41. The normalized spacial score (nSPS) is 18.9. The molecule has 0 aliphatic carbocycles. The first kappa shape index (κ1) is 18.0. The van der Waals surface area contributed by atoms with Crippen LogP contribution in [0.25, 0.3) is 10.8 Å². The van der Waals surface area contributed by atoms with Gasteiger partial charge in [-0.1, -0.05) is 68.9 Å². The molecule has 0 unspecified atom stereocenters. The van der Waals surface area contributed by atoms with Gasteiger partial charge in [0, 0.05) is 5.56 Å². The van der Waals surface area contributed by atoms with E-state index < -0.39 is 7.12 Å². The van der Waals surface area contributed by atoms with Crippen molar-refractivity contribution in [2.75, 3.05) is 0 Å². The predicted octanol–water partition coefficient (Wildman–Crippen LogP) is 5.12. The molecule has 1 aliphatic rings. The smallest absolute Gasteiger partial charge is 0.392 e. The minimum atomic E-state index is -0.503. The zero-order valence-corrected chi connectivity index (χ0v) is 16.4. The maximum atomic E-state index is 6.03. The zero-order valence-electron chi connectivity index (χ0n) is 16.4. The van der Waals surface area contributed by atoms with Crippen LogP contribution in [0, 0.1) is 11.7 Å². The molecule has 1 aliphatic heterocycles. The molecule has 1 saturated heterocycles. The van der Waals surface area contributed by atoms with Crippen molar-refractivity contribution in [3.63, 3.8) is 0 Å². The third-order valence-electron chi connectivity index (χ3n) is 5.31. The Hall–Kier alpha value is -1.76. The Morgan fingerprint density at radius 2 is 1.48 bits per heavy atom. The number of hydrogen-bond acceptors (Lipinski definition) is 2. The topological polar surface area (TPSA) is 18.5 Å². The lowest BCUT2D eigenvalue weighted by molar-refractivity contribution is 0.00578. The number of rotatable bonds is 0. The molecule has 0 amide bonds. The molecule has 130 valence electrons. The van der Waals surface area contributed by atoms with E-state index in [4.69, 9.17) is 9.31 Å². The van der Waals surface area contributed by atoms with Crippen LogP contribution in [0.5, 0.6) is 0 Å². The summed E-state index contributed by atoms with van der Waals surface area (Å²) >= 11 is 0. The molecule has 1 fully saturated rings. The van der Waals surface area contributed by atoms with Crippen LogP contribution in [0.4, 0.5) is 0 Å². The van der Waals surface area contributed by atoms with Crippen LogP contribution in [0.2, 0.25) is 0 Å². The van der Waals surface area contributed by atoms with Crippen molar-refractivity contribution < 1.29 is 9.31 Å². The molecule has 2 nitrogen and oxygen atoms in total. The highest BCUT2D eigenvalue weighted by Crippen LogP contribution is 2.36. The van der Waals surface area contributed by atoms with E-state index >= 15 is 0 Å². The highest BCUT2D eigenvalue weighted by Gasteiger charge is 2.50. The third kappa shape index (κ3) is 3.34. The van der Waals surface area contributed by atoms with E-state index in [0.717, 1.165) is 5.56 Å². The minimum absolute atomic E-state index is 0.0178. The Morgan fingerprint density at radius 1 is 0.880 bits per heavy atom. The molecule has 0 aromatic heterocycles. The average molecular weight is 334 g/mol. The van der Waals surface area contributed by atoms with Gasteiger partial charge in [-0.3, -0.25) is 0 Å². The van der Waals surface area contributed by atoms with Crippen molar-refractivity contribution in [2.24, 2.45) is 0 Å². The van der Waals surface area contributed by atoms with Crippen LogP contribution < -0.4 is 0 Å². The number of fused-ring (bicyclic) bond motifs is 1. The van der Waals surface area contributed by atoms with E-state index in [1.807, 2.05) is 27.7 Å². The molecular formula is C22H27BO2. The highest BCUT2D eigenvalue weighted by atomic mass is 16.7. The summed E-state index contributed by atoms with van der Waals surface area (Å²) in [4.78, 5) is 0. The molecule has 0 radical (unpaired) electrons. The molecule has 1 heterocycles. The van der Waals surface area contributed by atoms with Gasteiger partial charge in [-0.25, -0.2) is 0 Å². The van der Waals surface area contributed by atoms with Crippen molar-refractivity contribution in [1.82, 2.24) is 0 Å². The van der Waals surface area contributed by atoms with Gasteiger partial charge in [0.05, 0.1) is 11.2 Å². The van der Waals surface area contributed by atoms with Gasteiger partial charge in [0.25, 0.3) is 0 Å². The summed E-state index contributed by atoms with van der Waals surface area (Å²) in [5.74, 6) is 6.60. The SMILES string of the molecule is CC(C)(C)c1ccc2ccccc2c1C#CB1OC(C)(C)C(C)(C)O1. The third-order valence-corrected chi connectivity index (χ3v) is 5.31. The molecule has 0 bridgehead atoms.